The second-order valence-corrected chi connectivity index (χ2v) is 3.42. The zero-order chi connectivity index (χ0) is 9.84. The Morgan fingerprint density at radius 1 is 1.62 bits per heavy atom. The van der Waals surface area contributed by atoms with Gasteiger partial charge in [0.25, 0.3) is 5.56 Å². The summed E-state index contributed by atoms with van der Waals surface area (Å²) in [7, 11) is 1.88. The van der Waals surface area contributed by atoms with Gasteiger partial charge in [-0.3, -0.25) is 9.48 Å². The molecule has 0 atom stereocenters. The first-order valence-electron chi connectivity index (χ1n) is 4.60. The summed E-state index contributed by atoms with van der Waals surface area (Å²) >= 11 is 0. The van der Waals surface area contributed by atoms with Gasteiger partial charge in [-0.2, -0.15) is 0 Å². The molecule has 0 aliphatic carbocycles. The smallest absolute Gasteiger partial charge is 0.269 e. The third-order valence-electron chi connectivity index (χ3n) is 2.03. The third kappa shape index (κ3) is 2.21. The third-order valence-corrected chi connectivity index (χ3v) is 2.03. The van der Waals surface area contributed by atoms with Crippen LogP contribution in [-0.4, -0.2) is 23.4 Å². The first-order chi connectivity index (χ1) is 6.16. The molecular formula is C9H17N3O. The van der Waals surface area contributed by atoms with E-state index in [1.165, 1.54) is 0 Å². The van der Waals surface area contributed by atoms with Crippen molar-refractivity contribution in [2.45, 2.75) is 26.3 Å². The summed E-state index contributed by atoms with van der Waals surface area (Å²) in [5.74, 6) is 0. The minimum atomic E-state index is 0.102. The normalized spacial score (nSPS) is 11.1. The van der Waals surface area contributed by atoms with E-state index in [2.05, 4.69) is 10.4 Å². The molecule has 1 rings (SSSR count). The monoisotopic (exact) mass is 183 g/mol. The maximum atomic E-state index is 11.6. The Labute approximate surface area is 77.9 Å². The fourth-order valence-corrected chi connectivity index (χ4v) is 1.24. The number of likely N-dealkylation sites (N-methyl/N-ethyl adjacent to an activating group) is 1. The van der Waals surface area contributed by atoms with E-state index >= 15 is 0 Å². The van der Waals surface area contributed by atoms with E-state index < -0.39 is 0 Å². The van der Waals surface area contributed by atoms with Crippen molar-refractivity contribution in [3.05, 3.63) is 22.1 Å². The predicted molar refractivity (Wildman–Crippen MR) is 53.1 cm³/mol. The molecule has 0 aliphatic rings. The van der Waals surface area contributed by atoms with E-state index in [0.717, 1.165) is 18.5 Å². The van der Waals surface area contributed by atoms with E-state index in [-0.39, 0.29) is 11.6 Å². The van der Waals surface area contributed by atoms with Crippen LogP contribution in [0, 0.1) is 0 Å². The van der Waals surface area contributed by atoms with Gasteiger partial charge in [-0.25, -0.2) is 0 Å². The molecule has 1 heterocycles. The van der Waals surface area contributed by atoms with Gasteiger partial charge in [-0.1, -0.05) is 0 Å². The van der Waals surface area contributed by atoms with Gasteiger partial charge in [-0.05, 0) is 33.9 Å². The minimum Gasteiger partial charge on any atom is -0.319 e. The van der Waals surface area contributed by atoms with Crippen molar-refractivity contribution in [2.75, 3.05) is 13.6 Å². The number of nitrogens with one attached hydrogen (secondary N) is 2. The topological polar surface area (TPSA) is 49.8 Å². The fraction of sp³-hybridized carbons (Fsp3) is 0.667. The fourth-order valence-electron chi connectivity index (χ4n) is 1.24. The Morgan fingerprint density at radius 2 is 2.31 bits per heavy atom. The Hall–Kier alpha value is -1.03. The molecule has 0 radical (unpaired) electrons. The van der Waals surface area contributed by atoms with Gasteiger partial charge >= 0.3 is 0 Å². The molecule has 0 saturated carbocycles. The summed E-state index contributed by atoms with van der Waals surface area (Å²) in [6.45, 7) is 4.81. The van der Waals surface area contributed by atoms with E-state index in [1.54, 1.807) is 10.9 Å². The first kappa shape index (κ1) is 10.1. The van der Waals surface area contributed by atoms with Crippen LogP contribution in [0.25, 0.3) is 0 Å². The van der Waals surface area contributed by atoms with Crippen molar-refractivity contribution >= 4 is 0 Å². The van der Waals surface area contributed by atoms with E-state index in [4.69, 9.17) is 0 Å². The number of H-pyrrole nitrogens is 1. The van der Waals surface area contributed by atoms with Crippen LogP contribution in [0.2, 0.25) is 0 Å². The van der Waals surface area contributed by atoms with E-state index in [1.807, 2.05) is 20.9 Å². The van der Waals surface area contributed by atoms with Gasteiger partial charge in [0, 0.05) is 17.8 Å². The summed E-state index contributed by atoms with van der Waals surface area (Å²) in [6, 6.07) is 0.204. The molecule has 0 aliphatic heterocycles. The van der Waals surface area contributed by atoms with Crippen LogP contribution in [0.3, 0.4) is 0 Å². The van der Waals surface area contributed by atoms with Crippen molar-refractivity contribution in [2.24, 2.45) is 0 Å². The van der Waals surface area contributed by atoms with Gasteiger partial charge in [0.15, 0.2) is 0 Å². The molecule has 0 aromatic carbocycles. The first-order valence-corrected chi connectivity index (χ1v) is 4.60. The molecule has 0 spiro atoms. The molecule has 0 unspecified atom stereocenters. The van der Waals surface area contributed by atoms with Gasteiger partial charge in [0.2, 0.25) is 0 Å². The lowest BCUT2D eigenvalue weighted by Crippen LogP contribution is -2.22. The maximum absolute atomic E-state index is 11.6. The molecule has 4 nitrogen and oxygen atoms in total. The maximum Gasteiger partial charge on any atom is 0.269 e. The van der Waals surface area contributed by atoms with Crippen LogP contribution in [0.5, 0.6) is 0 Å². The highest BCUT2D eigenvalue weighted by molar-refractivity contribution is 5.05. The SMILES string of the molecule is CNCCc1c[nH]n(C(C)C)c1=O. The molecule has 4 heteroatoms. The minimum absolute atomic E-state index is 0.102. The Balaban J connectivity index is 2.81. The summed E-state index contributed by atoms with van der Waals surface area (Å²) in [4.78, 5) is 11.6. The molecule has 1 aromatic rings. The summed E-state index contributed by atoms with van der Waals surface area (Å²) in [6.07, 6.45) is 2.57. The largest absolute Gasteiger partial charge is 0.319 e. The number of aromatic amines is 1. The van der Waals surface area contributed by atoms with Crippen molar-refractivity contribution in [3.63, 3.8) is 0 Å². The van der Waals surface area contributed by atoms with Crippen LogP contribution in [0.4, 0.5) is 0 Å². The standard InChI is InChI=1S/C9H17N3O/c1-7(2)12-9(13)8(6-11-12)4-5-10-3/h6-7,10-11H,4-5H2,1-3H3. The van der Waals surface area contributed by atoms with E-state index in [9.17, 15) is 4.79 Å². The summed E-state index contributed by atoms with van der Waals surface area (Å²) in [5, 5.41) is 5.98. The highest BCUT2D eigenvalue weighted by Gasteiger charge is 2.06. The highest BCUT2D eigenvalue weighted by Crippen LogP contribution is 1.98. The van der Waals surface area contributed by atoms with Crippen molar-refractivity contribution < 1.29 is 0 Å². The Bertz CT molecular complexity index is 311. The molecule has 0 fully saturated rings. The number of hydrogen-bond donors (Lipinski definition) is 2. The lowest BCUT2D eigenvalue weighted by atomic mass is 10.2. The van der Waals surface area contributed by atoms with Crippen molar-refractivity contribution in [1.82, 2.24) is 15.1 Å². The van der Waals surface area contributed by atoms with Gasteiger partial charge in [0.05, 0.1) is 0 Å². The average molecular weight is 183 g/mol. The number of hydrogen-bond acceptors (Lipinski definition) is 2. The molecule has 0 saturated heterocycles. The summed E-state index contributed by atoms with van der Waals surface area (Å²) < 4.78 is 1.64. The molecule has 13 heavy (non-hydrogen) atoms. The number of nitrogens with zero attached hydrogens (tertiary/aromatic N) is 1. The molecule has 0 amide bonds. The van der Waals surface area contributed by atoms with Gasteiger partial charge in [-0.15, -0.1) is 0 Å². The summed E-state index contributed by atoms with van der Waals surface area (Å²) in [5.41, 5.74) is 0.952. The van der Waals surface area contributed by atoms with Gasteiger partial charge in [0.1, 0.15) is 0 Å². The lowest BCUT2D eigenvalue weighted by molar-refractivity contribution is 0.516. The van der Waals surface area contributed by atoms with Crippen LogP contribution in [0.15, 0.2) is 11.0 Å². The lowest BCUT2D eigenvalue weighted by Gasteiger charge is -2.03. The van der Waals surface area contributed by atoms with Crippen molar-refractivity contribution in [1.29, 1.82) is 0 Å². The van der Waals surface area contributed by atoms with Crippen LogP contribution >= 0.6 is 0 Å². The Morgan fingerprint density at radius 3 is 2.77 bits per heavy atom. The average Bonchev–Trinajstić information content (AvgIpc) is 2.43. The molecule has 2 N–H and O–H groups in total. The highest BCUT2D eigenvalue weighted by atomic mass is 16.1. The molecule has 74 valence electrons. The van der Waals surface area contributed by atoms with E-state index in [0.29, 0.717) is 0 Å². The zero-order valence-corrected chi connectivity index (χ0v) is 8.42. The van der Waals surface area contributed by atoms with Crippen LogP contribution < -0.4 is 10.9 Å². The molecule has 1 aromatic heterocycles. The predicted octanol–water partition coefficient (Wildman–Crippen LogP) is 0.519. The number of aromatic nitrogens is 2. The van der Waals surface area contributed by atoms with Crippen molar-refractivity contribution in [3.8, 4) is 0 Å². The number of rotatable bonds is 4. The second-order valence-electron chi connectivity index (χ2n) is 3.42. The zero-order valence-electron chi connectivity index (χ0n) is 8.42. The van der Waals surface area contributed by atoms with Crippen LogP contribution in [0.1, 0.15) is 25.5 Å². The Kier molecular flexibility index (Phi) is 3.31. The second kappa shape index (κ2) is 4.28. The molecular weight excluding hydrogens is 166 g/mol. The molecule has 0 bridgehead atoms. The quantitative estimate of drug-likeness (QED) is 0.715. The van der Waals surface area contributed by atoms with Gasteiger partial charge < -0.3 is 10.4 Å². The van der Waals surface area contributed by atoms with Crippen LogP contribution in [-0.2, 0) is 6.42 Å².